The van der Waals surface area contributed by atoms with Crippen LogP contribution in [0.3, 0.4) is 0 Å². The lowest BCUT2D eigenvalue weighted by Gasteiger charge is -2.32. The van der Waals surface area contributed by atoms with E-state index in [1.54, 1.807) is 13.8 Å². The number of aliphatic hydroxyl groups excluding tert-OH is 1. The van der Waals surface area contributed by atoms with Gasteiger partial charge in [-0.2, -0.15) is 0 Å². The molecule has 0 aromatic rings. The number of carbonyl (C=O) groups excluding carboxylic acids is 3. The van der Waals surface area contributed by atoms with Gasteiger partial charge in [0.1, 0.15) is 18.1 Å². The summed E-state index contributed by atoms with van der Waals surface area (Å²) in [6.07, 6.45) is 4.37. The van der Waals surface area contributed by atoms with Crippen LogP contribution in [0, 0.1) is 11.8 Å². The van der Waals surface area contributed by atoms with E-state index in [1.165, 1.54) is 6.92 Å². The molecule has 0 unspecified atom stereocenters. The zero-order valence-corrected chi connectivity index (χ0v) is 16.2. The maximum atomic E-state index is 12.8. The van der Waals surface area contributed by atoms with Gasteiger partial charge >= 0.3 is 5.97 Å². The van der Waals surface area contributed by atoms with Gasteiger partial charge in [-0.1, -0.05) is 33.1 Å². The number of nitrogens with one attached hydrogen (secondary N) is 3. The van der Waals surface area contributed by atoms with E-state index in [1.807, 2.05) is 0 Å². The van der Waals surface area contributed by atoms with Gasteiger partial charge in [-0.3, -0.25) is 14.4 Å². The van der Waals surface area contributed by atoms with Crippen molar-refractivity contribution in [2.45, 2.75) is 71.0 Å². The first-order valence-electron chi connectivity index (χ1n) is 9.38. The topological polar surface area (TPSA) is 145 Å². The molecule has 1 aliphatic carbocycles. The molecule has 0 spiro atoms. The SMILES string of the molecule is CC(=O)N[C@@H](CO)C(=O)N[C@H](C(=O)N[C@H](C(=O)O)C(C)C)C1CCCCC1. The fourth-order valence-electron chi connectivity index (χ4n) is 3.31. The fraction of sp³-hybridized carbons (Fsp3) is 0.778. The maximum absolute atomic E-state index is 12.8. The molecule has 0 aromatic heterocycles. The Balaban J connectivity index is 2.94. The van der Waals surface area contributed by atoms with E-state index in [-0.39, 0.29) is 11.8 Å². The Labute approximate surface area is 159 Å². The quantitative estimate of drug-likeness (QED) is 0.371. The average molecular weight is 385 g/mol. The molecule has 1 fully saturated rings. The molecule has 0 saturated heterocycles. The molecule has 154 valence electrons. The molecular weight excluding hydrogens is 354 g/mol. The number of amides is 3. The molecule has 0 radical (unpaired) electrons. The van der Waals surface area contributed by atoms with Crippen LogP contribution >= 0.6 is 0 Å². The van der Waals surface area contributed by atoms with Crippen molar-refractivity contribution in [3.05, 3.63) is 0 Å². The van der Waals surface area contributed by atoms with Crippen LogP contribution in [0.25, 0.3) is 0 Å². The molecule has 3 atom stereocenters. The number of carboxylic acids is 1. The van der Waals surface area contributed by atoms with E-state index in [9.17, 15) is 29.4 Å². The first-order chi connectivity index (χ1) is 12.7. The van der Waals surface area contributed by atoms with Crippen LogP contribution in [0.15, 0.2) is 0 Å². The summed E-state index contributed by atoms with van der Waals surface area (Å²) in [7, 11) is 0. The van der Waals surface area contributed by atoms with Crippen molar-refractivity contribution in [3.63, 3.8) is 0 Å². The van der Waals surface area contributed by atoms with Gasteiger partial charge in [-0.15, -0.1) is 0 Å². The van der Waals surface area contributed by atoms with Gasteiger partial charge in [0.25, 0.3) is 0 Å². The number of carbonyl (C=O) groups is 4. The minimum Gasteiger partial charge on any atom is -0.480 e. The number of carboxylic acid groups (broad SMARTS) is 1. The minimum absolute atomic E-state index is 0.124. The van der Waals surface area contributed by atoms with Gasteiger partial charge in [-0.05, 0) is 24.7 Å². The van der Waals surface area contributed by atoms with Crippen LogP contribution in [-0.2, 0) is 19.2 Å². The van der Waals surface area contributed by atoms with Crippen molar-refractivity contribution >= 4 is 23.7 Å². The van der Waals surface area contributed by atoms with E-state index >= 15 is 0 Å². The zero-order valence-electron chi connectivity index (χ0n) is 16.2. The summed E-state index contributed by atoms with van der Waals surface area (Å²) in [5.74, 6) is -3.29. The Kier molecular flexibility index (Phi) is 9.20. The number of hydrogen-bond donors (Lipinski definition) is 5. The summed E-state index contributed by atoms with van der Waals surface area (Å²) >= 11 is 0. The summed E-state index contributed by atoms with van der Waals surface area (Å²) in [4.78, 5) is 47.8. The Morgan fingerprint density at radius 2 is 1.56 bits per heavy atom. The monoisotopic (exact) mass is 385 g/mol. The summed E-state index contributed by atoms with van der Waals surface area (Å²) in [6.45, 7) is 3.99. The third-order valence-corrected chi connectivity index (χ3v) is 4.81. The van der Waals surface area contributed by atoms with Gasteiger partial charge in [0.05, 0.1) is 6.61 Å². The minimum atomic E-state index is -1.17. The van der Waals surface area contributed by atoms with Crippen molar-refractivity contribution in [1.82, 2.24) is 16.0 Å². The molecule has 9 heteroatoms. The van der Waals surface area contributed by atoms with E-state index in [0.29, 0.717) is 0 Å². The largest absolute Gasteiger partial charge is 0.480 e. The van der Waals surface area contributed by atoms with Crippen LogP contribution in [-0.4, -0.2) is 58.6 Å². The van der Waals surface area contributed by atoms with Crippen LogP contribution in [0.4, 0.5) is 0 Å². The highest BCUT2D eigenvalue weighted by Gasteiger charge is 2.35. The second-order valence-electron chi connectivity index (χ2n) is 7.39. The van der Waals surface area contributed by atoms with Gasteiger partial charge in [0, 0.05) is 6.92 Å². The number of hydrogen-bond acceptors (Lipinski definition) is 5. The Morgan fingerprint density at radius 3 is 2.00 bits per heavy atom. The molecule has 1 rings (SSSR count). The maximum Gasteiger partial charge on any atom is 0.326 e. The van der Waals surface area contributed by atoms with Crippen molar-refractivity contribution in [2.75, 3.05) is 6.61 Å². The summed E-state index contributed by atoms with van der Waals surface area (Å²) in [5, 5.41) is 26.1. The molecule has 27 heavy (non-hydrogen) atoms. The molecule has 0 heterocycles. The molecule has 5 N–H and O–H groups in total. The predicted molar refractivity (Wildman–Crippen MR) is 97.6 cm³/mol. The summed E-state index contributed by atoms with van der Waals surface area (Å²) in [6, 6.07) is -3.15. The summed E-state index contributed by atoms with van der Waals surface area (Å²) in [5.41, 5.74) is 0. The van der Waals surface area contributed by atoms with Crippen molar-refractivity contribution < 1.29 is 29.4 Å². The number of aliphatic hydroxyl groups is 1. The lowest BCUT2D eigenvalue weighted by molar-refractivity contribution is -0.144. The van der Waals surface area contributed by atoms with Gasteiger partial charge < -0.3 is 26.2 Å². The number of aliphatic carboxylic acids is 1. The highest BCUT2D eigenvalue weighted by molar-refractivity contribution is 5.93. The standard InChI is InChI=1S/C18H31N3O6/c1-10(2)14(18(26)27)20-17(25)15(12-7-5-4-6-8-12)21-16(24)13(9-22)19-11(3)23/h10,12-15,22H,4-9H2,1-3H3,(H,19,23)(H,20,25)(H,21,24)(H,26,27)/t13-,14-,15-/m0/s1. The Hall–Kier alpha value is -2.16. The van der Waals surface area contributed by atoms with Crippen molar-refractivity contribution in [3.8, 4) is 0 Å². The predicted octanol–water partition coefficient (Wildman–Crippen LogP) is -0.226. The highest BCUT2D eigenvalue weighted by atomic mass is 16.4. The van der Waals surface area contributed by atoms with E-state index < -0.39 is 48.4 Å². The zero-order chi connectivity index (χ0) is 20.6. The molecular formula is C18H31N3O6. The molecule has 1 aliphatic rings. The normalized spacial score (nSPS) is 18.3. The van der Waals surface area contributed by atoms with Crippen molar-refractivity contribution in [2.24, 2.45) is 11.8 Å². The molecule has 0 bridgehead atoms. The van der Waals surface area contributed by atoms with E-state index in [2.05, 4.69) is 16.0 Å². The molecule has 3 amide bonds. The Bertz CT molecular complexity index is 545. The van der Waals surface area contributed by atoms with E-state index in [4.69, 9.17) is 0 Å². The fourth-order valence-corrected chi connectivity index (χ4v) is 3.31. The third-order valence-electron chi connectivity index (χ3n) is 4.81. The third kappa shape index (κ3) is 7.16. The molecule has 1 saturated carbocycles. The second-order valence-corrected chi connectivity index (χ2v) is 7.39. The van der Waals surface area contributed by atoms with Crippen molar-refractivity contribution in [1.29, 1.82) is 0 Å². The average Bonchev–Trinajstić information content (AvgIpc) is 2.61. The second kappa shape index (κ2) is 10.9. The van der Waals surface area contributed by atoms with Crippen LogP contribution in [0.1, 0.15) is 52.9 Å². The van der Waals surface area contributed by atoms with Crippen LogP contribution in [0.2, 0.25) is 0 Å². The molecule has 9 nitrogen and oxygen atoms in total. The summed E-state index contributed by atoms with van der Waals surface area (Å²) < 4.78 is 0. The Morgan fingerprint density at radius 1 is 0.963 bits per heavy atom. The highest BCUT2D eigenvalue weighted by Crippen LogP contribution is 2.27. The first-order valence-corrected chi connectivity index (χ1v) is 9.38. The lowest BCUT2D eigenvalue weighted by Crippen LogP contribution is -2.59. The van der Waals surface area contributed by atoms with Gasteiger partial charge in [-0.25, -0.2) is 4.79 Å². The van der Waals surface area contributed by atoms with Crippen LogP contribution < -0.4 is 16.0 Å². The lowest BCUT2D eigenvalue weighted by atomic mass is 9.83. The number of rotatable bonds is 9. The first kappa shape index (κ1) is 22.9. The smallest absolute Gasteiger partial charge is 0.326 e. The molecule has 0 aliphatic heterocycles. The van der Waals surface area contributed by atoms with Gasteiger partial charge in [0.15, 0.2) is 0 Å². The van der Waals surface area contributed by atoms with Gasteiger partial charge in [0.2, 0.25) is 17.7 Å². The van der Waals surface area contributed by atoms with Crippen LogP contribution in [0.5, 0.6) is 0 Å². The van der Waals surface area contributed by atoms with E-state index in [0.717, 1.165) is 32.1 Å². The molecule has 0 aromatic carbocycles.